The summed E-state index contributed by atoms with van der Waals surface area (Å²) >= 11 is 0. The topological polar surface area (TPSA) is 62.5 Å². The summed E-state index contributed by atoms with van der Waals surface area (Å²) in [6, 6.07) is 9.70. The molecule has 3 rings (SSSR count). The van der Waals surface area contributed by atoms with Gasteiger partial charge in [0.2, 0.25) is 0 Å². The van der Waals surface area contributed by atoms with E-state index in [2.05, 4.69) is 10.3 Å². The van der Waals surface area contributed by atoms with Crippen LogP contribution in [0.15, 0.2) is 41.0 Å². The minimum atomic E-state index is -0.275. The number of halogens is 1. The normalized spacial score (nSPS) is 10.8. The molecule has 0 radical (unpaired) electrons. The molecule has 0 N–H and O–H groups in total. The fourth-order valence-corrected chi connectivity index (χ4v) is 2.49. The molecule has 0 unspecified atom stereocenters. The summed E-state index contributed by atoms with van der Waals surface area (Å²) in [5.74, 6) is -0.403. The van der Waals surface area contributed by atoms with Gasteiger partial charge in [0.25, 0.3) is 5.91 Å². The van der Waals surface area contributed by atoms with Crippen LogP contribution in [0.3, 0.4) is 0 Å². The van der Waals surface area contributed by atoms with Gasteiger partial charge in [0.1, 0.15) is 11.3 Å². The third kappa shape index (κ3) is 3.05. The van der Waals surface area contributed by atoms with Gasteiger partial charge in [0, 0.05) is 33.3 Å². The maximum atomic E-state index is 13.0. The Morgan fingerprint density at radius 1 is 1.12 bits per heavy atom. The van der Waals surface area contributed by atoms with Crippen molar-refractivity contribution in [3.8, 4) is 0 Å². The molecule has 24 heavy (non-hydrogen) atoms. The molecule has 1 aromatic heterocycles. The van der Waals surface area contributed by atoms with Crippen LogP contribution in [-0.4, -0.2) is 42.3 Å². The van der Waals surface area contributed by atoms with Gasteiger partial charge in [0.15, 0.2) is 5.52 Å². The summed E-state index contributed by atoms with van der Waals surface area (Å²) in [6.45, 7) is 0.530. The van der Waals surface area contributed by atoms with Crippen molar-refractivity contribution in [2.45, 2.75) is 6.54 Å². The molecule has 0 saturated carbocycles. The van der Waals surface area contributed by atoms with Crippen molar-refractivity contribution in [3.05, 3.63) is 53.3 Å². The van der Waals surface area contributed by atoms with E-state index in [-0.39, 0.29) is 11.7 Å². The second-order valence-corrected chi connectivity index (χ2v) is 5.81. The number of benzene rings is 2. The van der Waals surface area contributed by atoms with Crippen molar-refractivity contribution < 1.29 is 13.8 Å². The van der Waals surface area contributed by atoms with Crippen LogP contribution in [0.25, 0.3) is 11.0 Å². The number of aromatic nitrogens is 2. The average Bonchev–Trinajstić information content (AvgIpc) is 3.03. The lowest BCUT2D eigenvalue weighted by atomic mass is 10.1. The van der Waals surface area contributed by atoms with E-state index in [1.165, 1.54) is 17.0 Å². The van der Waals surface area contributed by atoms with E-state index in [1.54, 1.807) is 38.4 Å². The van der Waals surface area contributed by atoms with Gasteiger partial charge in [-0.05, 0) is 40.1 Å². The van der Waals surface area contributed by atoms with Crippen LogP contribution in [0.2, 0.25) is 0 Å². The maximum Gasteiger partial charge on any atom is 0.253 e. The van der Waals surface area contributed by atoms with E-state index in [0.717, 1.165) is 11.3 Å². The number of anilines is 1. The Balaban J connectivity index is 1.98. The number of carbonyl (C=O) groups excluding carboxylic acids is 1. The Labute approximate surface area is 138 Å². The first-order valence-electron chi connectivity index (χ1n) is 7.39. The predicted molar refractivity (Wildman–Crippen MR) is 88.3 cm³/mol. The molecular weight excluding hydrogens is 311 g/mol. The molecule has 0 aliphatic rings. The highest BCUT2D eigenvalue weighted by atomic mass is 19.1. The van der Waals surface area contributed by atoms with Crippen molar-refractivity contribution in [2.75, 3.05) is 26.0 Å². The zero-order valence-electron chi connectivity index (χ0n) is 13.7. The van der Waals surface area contributed by atoms with Crippen molar-refractivity contribution in [3.63, 3.8) is 0 Å². The van der Waals surface area contributed by atoms with Crippen LogP contribution in [-0.2, 0) is 6.54 Å². The molecular formula is C17H17FN4O2. The van der Waals surface area contributed by atoms with E-state index in [4.69, 9.17) is 4.63 Å². The molecule has 7 heteroatoms. The molecule has 2 aromatic carbocycles. The van der Waals surface area contributed by atoms with Crippen LogP contribution in [0.1, 0.15) is 15.9 Å². The van der Waals surface area contributed by atoms with Crippen LogP contribution < -0.4 is 4.90 Å². The second kappa shape index (κ2) is 6.27. The Morgan fingerprint density at radius 2 is 1.83 bits per heavy atom. The second-order valence-electron chi connectivity index (χ2n) is 5.81. The number of amides is 1. The third-order valence-electron chi connectivity index (χ3n) is 3.74. The first kappa shape index (κ1) is 15.9. The van der Waals surface area contributed by atoms with E-state index in [1.807, 2.05) is 11.9 Å². The molecule has 0 spiro atoms. The number of fused-ring (bicyclic) bond motifs is 1. The minimum absolute atomic E-state index is 0.128. The number of carbonyl (C=O) groups is 1. The predicted octanol–water partition coefficient (Wildman–Crippen LogP) is 2.70. The van der Waals surface area contributed by atoms with Gasteiger partial charge < -0.3 is 9.80 Å². The number of nitrogens with zero attached hydrogens (tertiary/aromatic N) is 4. The fraction of sp³-hybridized carbons (Fsp3) is 0.235. The van der Waals surface area contributed by atoms with E-state index in [9.17, 15) is 9.18 Å². The molecule has 0 aliphatic heterocycles. The summed E-state index contributed by atoms with van der Waals surface area (Å²) in [7, 11) is 5.25. The Morgan fingerprint density at radius 3 is 2.50 bits per heavy atom. The molecule has 1 heterocycles. The van der Waals surface area contributed by atoms with Crippen molar-refractivity contribution >= 4 is 22.6 Å². The van der Waals surface area contributed by atoms with Crippen LogP contribution in [0, 0.1) is 5.82 Å². The standard InChI is InChI=1S/C17H17FN4O2/c1-21(2)17(23)12-8-14-16(20-24-19-14)15(9-12)22(3)10-11-4-6-13(18)7-5-11/h4-9H,10H2,1-3H3. The maximum absolute atomic E-state index is 13.0. The summed E-state index contributed by atoms with van der Waals surface area (Å²) in [5.41, 5.74) is 3.26. The molecule has 6 nitrogen and oxygen atoms in total. The first-order valence-corrected chi connectivity index (χ1v) is 7.39. The largest absolute Gasteiger partial charge is 0.368 e. The Bertz CT molecular complexity index is 874. The van der Waals surface area contributed by atoms with Crippen molar-refractivity contribution in [2.24, 2.45) is 0 Å². The first-order chi connectivity index (χ1) is 11.5. The molecule has 0 atom stereocenters. The summed E-state index contributed by atoms with van der Waals surface area (Å²) in [4.78, 5) is 15.7. The lowest BCUT2D eigenvalue weighted by Gasteiger charge is -2.20. The van der Waals surface area contributed by atoms with Gasteiger partial charge >= 0.3 is 0 Å². The van der Waals surface area contributed by atoms with Gasteiger partial charge in [-0.1, -0.05) is 12.1 Å². The van der Waals surface area contributed by atoms with Gasteiger partial charge in [-0.25, -0.2) is 9.02 Å². The van der Waals surface area contributed by atoms with Crippen LogP contribution in [0.5, 0.6) is 0 Å². The lowest BCUT2D eigenvalue weighted by Crippen LogP contribution is -2.23. The zero-order valence-corrected chi connectivity index (χ0v) is 13.7. The van der Waals surface area contributed by atoms with Gasteiger partial charge in [-0.2, -0.15) is 0 Å². The summed E-state index contributed by atoms with van der Waals surface area (Å²) < 4.78 is 17.9. The molecule has 1 amide bonds. The monoisotopic (exact) mass is 328 g/mol. The molecule has 0 bridgehead atoms. The minimum Gasteiger partial charge on any atom is -0.368 e. The van der Waals surface area contributed by atoms with Crippen molar-refractivity contribution in [1.82, 2.24) is 15.2 Å². The van der Waals surface area contributed by atoms with Gasteiger partial charge in [-0.3, -0.25) is 4.79 Å². The molecule has 0 fully saturated rings. The Hall–Kier alpha value is -2.96. The van der Waals surface area contributed by atoms with Crippen molar-refractivity contribution in [1.29, 1.82) is 0 Å². The SMILES string of the molecule is CN(C)C(=O)c1cc(N(C)Cc2ccc(F)cc2)c2nonc2c1. The molecule has 124 valence electrons. The lowest BCUT2D eigenvalue weighted by molar-refractivity contribution is 0.0828. The Kier molecular flexibility index (Phi) is 4.16. The number of hydrogen-bond donors (Lipinski definition) is 0. The zero-order chi connectivity index (χ0) is 17.3. The fourth-order valence-electron chi connectivity index (χ4n) is 2.49. The molecule has 0 aliphatic carbocycles. The molecule has 0 saturated heterocycles. The van der Waals surface area contributed by atoms with E-state index < -0.39 is 0 Å². The third-order valence-corrected chi connectivity index (χ3v) is 3.74. The smallest absolute Gasteiger partial charge is 0.253 e. The number of rotatable bonds is 4. The molecule has 3 aromatic rings. The van der Waals surface area contributed by atoms with Crippen LogP contribution in [0.4, 0.5) is 10.1 Å². The highest BCUT2D eigenvalue weighted by Gasteiger charge is 2.17. The average molecular weight is 328 g/mol. The van der Waals surface area contributed by atoms with Gasteiger partial charge in [0.05, 0.1) is 5.69 Å². The quantitative estimate of drug-likeness (QED) is 0.737. The highest BCUT2D eigenvalue weighted by Crippen LogP contribution is 2.27. The summed E-state index contributed by atoms with van der Waals surface area (Å²) in [6.07, 6.45) is 0. The van der Waals surface area contributed by atoms with Crippen LogP contribution >= 0.6 is 0 Å². The number of hydrogen-bond acceptors (Lipinski definition) is 5. The van der Waals surface area contributed by atoms with E-state index >= 15 is 0 Å². The summed E-state index contributed by atoms with van der Waals surface area (Å²) in [5, 5.41) is 7.78. The van der Waals surface area contributed by atoms with Gasteiger partial charge in [-0.15, -0.1) is 0 Å². The van der Waals surface area contributed by atoms with E-state index in [0.29, 0.717) is 23.1 Å². The highest BCUT2D eigenvalue weighted by molar-refractivity contribution is 6.00.